The van der Waals surface area contributed by atoms with Crippen LogP contribution in [0.1, 0.15) is 11.5 Å². The molecule has 0 radical (unpaired) electrons. The van der Waals surface area contributed by atoms with Gasteiger partial charge >= 0.3 is 0 Å². The smallest absolute Gasteiger partial charge is 0.282 e. The Balaban J connectivity index is 1.32. The van der Waals surface area contributed by atoms with Crippen LogP contribution in [-0.2, 0) is 16.8 Å². The van der Waals surface area contributed by atoms with Crippen molar-refractivity contribution in [3.05, 3.63) is 35.7 Å². The first kappa shape index (κ1) is 20.4. The summed E-state index contributed by atoms with van der Waals surface area (Å²) in [4.78, 5) is 8.81. The summed E-state index contributed by atoms with van der Waals surface area (Å²) in [5.41, 5.74) is 2.08. The number of nitrogens with zero attached hydrogens (tertiary/aromatic N) is 6. The number of benzene rings is 1. The zero-order valence-corrected chi connectivity index (χ0v) is 17.8. The Morgan fingerprint density at radius 1 is 1.00 bits per heavy atom. The van der Waals surface area contributed by atoms with Gasteiger partial charge in [0.05, 0.1) is 6.54 Å². The number of aryl methyl sites for hydroxylation is 1. The van der Waals surface area contributed by atoms with E-state index in [1.165, 1.54) is 0 Å². The second-order valence-electron chi connectivity index (χ2n) is 7.77. The molecular weight excluding hydrogens is 392 g/mol. The number of aromatic nitrogens is 2. The van der Waals surface area contributed by atoms with Gasteiger partial charge in [-0.25, -0.2) is 0 Å². The fourth-order valence-electron chi connectivity index (χ4n) is 3.71. The summed E-state index contributed by atoms with van der Waals surface area (Å²) >= 11 is 0. The quantitative estimate of drug-likeness (QED) is 0.702. The van der Waals surface area contributed by atoms with E-state index in [1.54, 1.807) is 8.61 Å². The average molecular weight is 421 g/mol. The molecular formula is C19H28N6O3S. The van der Waals surface area contributed by atoms with Crippen LogP contribution in [0.5, 0.6) is 0 Å². The molecule has 9 nitrogen and oxygen atoms in total. The Kier molecular flexibility index (Phi) is 5.98. The molecule has 3 heterocycles. The van der Waals surface area contributed by atoms with Crippen molar-refractivity contribution in [2.75, 3.05) is 59.4 Å². The van der Waals surface area contributed by atoms with Crippen LogP contribution in [0, 0.1) is 6.92 Å². The molecule has 0 saturated carbocycles. The lowest BCUT2D eigenvalue weighted by Crippen LogP contribution is -2.56. The van der Waals surface area contributed by atoms with Crippen molar-refractivity contribution in [1.29, 1.82) is 0 Å². The van der Waals surface area contributed by atoms with Crippen molar-refractivity contribution < 1.29 is 12.9 Å². The van der Waals surface area contributed by atoms with E-state index >= 15 is 0 Å². The molecule has 2 aromatic rings. The van der Waals surface area contributed by atoms with Crippen LogP contribution in [0.3, 0.4) is 0 Å². The normalized spacial score (nSPS) is 20.9. The Morgan fingerprint density at radius 3 is 2.31 bits per heavy atom. The summed E-state index contributed by atoms with van der Waals surface area (Å²) in [5, 5.41) is 4.08. The number of piperazine rings is 2. The molecule has 1 aromatic heterocycles. The molecule has 1 aromatic carbocycles. The second-order valence-corrected chi connectivity index (χ2v) is 9.69. The Bertz CT molecular complexity index is 931. The van der Waals surface area contributed by atoms with E-state index in [2.05, 4.69) is 19.9 Å². The molecule has 0 aliphatic carbocycles. The lowest BCUT2D eigenvalue weighted by atomic mass is 10.1. The fourth-order valence-corrected chi connectivity index (χ4v) is 5.29. The minimum Gasteiger partial charge on any atom is -0.338 e. The van der Waals surface area contributed by atoms with E-state index in [-0.39, 0.29) is 0 Å². The van der Waals surface area contributed by atoms with Gasteiger partial charge in [0.1, 0.15) is 0 Å². The van der Waals surface area contributed by atoms with E-state index in [0.29, 0.717) is 57.5 Å². The maximum Gasteiger partial charge on any atom is 0.282 e. The summed E-state index contributed by atoms with van der Waals surface area (Å²) in [7, 11) is -1.36. The standard InChI is InChI=1S/C19H28N6O3S/c1-16-4-3-5-17(14-16)19-20-18(28-21-19)15-23-8-12-25(13-9-23)29(26,27)24-10-6-22(2)7-11-24/h3-5,14H,6-13,15H2,1-2H3. The molecule has 2 aliphatic heterocycles. The number of rotatable bonds is 5. The highest BCUT2D eigenvalue weighted by Crippen LogP contribution is 2.19. The van der Waals surface area contributed by atoms with Crippen LogP contribution >= 0.6 is 0 Å². The van der Waals surface area contributed by atoms with E-state index < -0.39 is 10.2 Å². The molecule has 0 unspecified atom stereocenters. The monoisotopic (exact) mass is 420 g/mol. The van der Waals surface area contributed by atoms with Crippen LogP contribution in [0.4, 0.5) is 0 Å². The fraction of sp³-hybridized carbons (Fsp3) is 0.579. The molecule has 4 rings (SSSR count). The van der Waals surface area contributed by atoms with Gasteiger partial charge in [-0.3, -0.25) is 4.90 Å². The first-order valence-electron chi connectivity index (χ1n) is 9.97. The van der Waals surface area contributed by atoms with Crippen molar-refractivity contribution in [1.82, 2.24) is 28.6 Å². The summed E-state index contributed by atoms with van der Waals surface area (Å²) in [5.74, 6) is 1.14. The summed E-state index contributed by atoms with van der Waals surface area (Å²) < 4.78 is 34.4. The maximum atomic E-state index is 12.9. The van der Waals surface area contributed by atoms with Gasteiger partial charge in [0.15, 0.2) is 0 Å². The first-order chi connectivity index (χ1) is 13.9. The third-order valence-electron chi connectivity index (χ3n) is 5.55. The predicted molar refractivity (Wildman–Crippen MR) is 109 cm³/mol. The van der Waals surface area contributed by atoms with Gasteiger partial charge in [0.25, 0.3) is 10.2 Å². The topological polar surface area (TPSA) is 86.0 Å². The van der Waals surface area contributed by atoms with E-state index in [0.717, 1.165) is 24.2 Å². The predicted octanol–water partition coefficient (Wildman–Crippen LogP) is 0.655. The molecule has 0 spiro atoms. The summed E-state index contributed by atoms with van der Waals surface area (Å²) in [6.07, 6.45) is 0. The van der Waals surface area contributed by atoms with Crippen LogP contribution in [0.2, 0.25) is 0 Å². The first-order valence-corrected chi connectivity index (χ1v) is 11.4. The molecule has 0 atom stereocenters. The second kappa shape index (κ2) is 8.49. The molecule has 10 heteroatoms. The minimum atomic E-state index is -3.38. The summed E-state index contributed by atoms with van der Waals surface area (Å²) in [6.45, 7) is 7.48. The Labute approximate surface area is 172 Å². The van der Waals surface area contributed by atoms with Crippen LogP contribution in [0.15, 0.2) is 28.8 Å². The van der Waals surface area contributed by atoms with E-state index in [4.69, 9.17) is 4.52 Å². The lowest BCUT2D eigenvalue weighted by Gasteiger charge is -2.38. The molecule has 2 aliphatic rings. The molecule has 2 saturated heterocycles. The Hall–Kier alpha value is -1.85. The van der Waals surface area contributed by atoms with Crippen molar-refractivity contribution in [3.63, 3.8) is 0 Å². The van der Waals surface area contributed by atoms with Crippen molar-refractivity contribution in [2.24, 2.45) is 0 Å². The summed E-state index contributed by atoms with van der Waals surface area (Å²) in [6, 6.07) is 7.99. The van der Waals surface area contributed by atoms with Gasteiger partial charge in [-0.05, 0) is 20.0 Å². The molecule has 2 fully saturated rings. The Morgan fingerprint density at radius 2 is 1.66 bits per heavy atom. The van der Waals surface area contributed by atoms with Crippen molar-refractivity contribution in [3.8, 4) is 11.4 Å². The third-order valence-corrected chi connectivity index (χ3v) is 7.58. The highest BCUT2D eigenvalue weighted by atomic mass is 32.2. The van der Waals surface area contributed by atoms with Crippen molar-refractivity contribution in [2.45, 2.75) is 13.5 Å². The van der Waals surface area contributed by atoms with Gasteiger partial charge in [0, 0.05) is 57.9 Å². The molecule has 158 valence electrons. The number of likely N-dealkylation sites (N-methyl/N-ethyl adjacent to an activating group) is 1. The average Bonchev–Trinajstić information content (AvgIpc) is 3.17. The zero-order chi connectivity index (χ0) is 20.4. The number of hydrogen-bond acceptors (Lipinski definition) is 7. The largest absolute Gasteiger partial charge is 0.338 e. The van der Waals surface area contributed by atoms with Gasteiger partial charge in [0.2, 0.25) is 11.7 Å². The maximum absolute atomic E-state index is 12.9. The lowest BCUT2D eigenvalue weighted by molar-refractivity contribution is 0.152. The van der Waals surface area contributed by atoms with Crippen LogP contribution in [0.25, 0.3) is 11.4 Å². The highest BCUT2D eigenvalue weighted by Gasteiger charge is 2.34. The third kappa shape index (κ3) is 4.67. The van der Waals surface area contributed by atoms with Gasteiger partial charge in [-0.15, -0.1) is 0 Å². The van der Waals surface area contributed by atoms with Crippen molar-refractivity contribution >= 4 is 10.2 Å². The van der Waals surface area contributed by atoms with Gasteiger partial charge in [-0.2, -0.15) is 22.0 Å². The highest BCUT2D eigenvalue weighted by molar-refractivity contribution is 7.86. The zero-order valence-electron chi connectivity index (χ0n) is 17.0. The van der Waals surface area contributed by atoms with Crippen LogP contribution < -0.4 is 0 Å². The van der Waals surface area contributed by atoms with E-state index in [9.17, 15) is 8.42 Å². The molecule has 0 amide bonds. The van der Waals surface area contributed by atoms with Crippen LogP contribution in [-0.4, -0.2) is 96.4 Å². The molecule has 29 heavy (non-hydrogen) atoms. The SMILES string of the molecule is Cc1cccc(-c2noc(CN3CCN(S(=O)(=O)N4CCN(C)CC4)CC3)n2)c1. The van der Waals surface area contributed by atoms with E-state index in [1.807, 2.05) is 38.2 Å². The minimum absolute atomic E-state index is 0.480. The number of hydrogen-bond donors (Lipinski definition) is 0. The molecule has 0 bridgehead atoms. The van der Waals surface area contributed by atoms with Gasteiger partial charge < -0.3 is 9.42 Å². The molecule has 0 N–H and O–H groups in total. The van der Waals surface area contributed by atoms with Gasteiger partial charge in [-0.1, -0.05) is 28.9 Å².